The van der Waals surface area contributed by atoms with Crippen LogP contribution in [0.15, 0.2) is 53.7 Å². The molecule has 4 rings (SSSR count). The summed E-state index contributed by atoms with van der Waals surface area (Å²) in [6.07, 6.45) is 5.20. The Labute approximate surface area is 165 Å². The van der Waals surface area contributed by atoms with Gasteiger partial charge in [-0.3, -0.25) is 9.48 Å². The van der Waals surface area contributed by atoms with E-state index in [-0.39, 0.29) is 16.7 Å². The van der Waals surface area contributed by atoms with Gasteiger partial charge in [0.25, 0.3) is 5.56 Å². The summed E-state index contributed by atoms with van der Waals surface area (Å²) in [5, 5.41) is 9.23. The van der Waals surface area contributed by atoms with Gasteiger partial charge in [-0.2, -0.15) is 14.9 Å². The van der Waals surface area contributed by atoms with Crippen LogP contribution in [0, 0.1) is 0 Å². The Morgan fingerprint density at radius 3 is 2.74 bits per heavy atom. The predicted molar refractivity (Wildman–Crippen MR) is 104 cm³/mol. The van der Waals surface area contributed by atoms with Crippen molar-refractivity contribution in [2.75, 3.05) is 24.6 Å². The Hall–Kier alpha value is -2.35. The second kappa shape index (κ2) is 7.72. The normalized spacial score (nSPS) is 17.3. The molecular weight excluding hydrogens is 389 g/mol. The molecule has 1 atom stereocenters. The maximum absolute atomic E-state index is 12.7. The summed E-state index contributed by atoms with van der Waals surface area (Å²) in [6, 6.07) is 8.73. The first-order valence-corrected chi connectivity index (χ1v) is 9.25. The molecule has 140 valence electrons. The molecule has 0 radical (unpaired) electrons. The largest absolute Gasteiger partial charge is 0.373 e. The zero-order valence-corrected chi connectivity index (χ0v) is 15.8. The fourth-order valence-corrected chi connectivity index (χ4v) is 3.45. The highest BCUT2D eigenvalue weighted by atomic mass is 35.5. The molecule has 2 aromatic heterocycles. The van der Waals surface area contributed by atoms with E-state index in [0.717, 1.165) is 0 Å². The third-order valence-corrected chi connectivity index (χ3v) is 5.01. The van der Waals surface area contributed by atoms with Crippen molar-refractivity contribution in [2.45, 2.75) is 12.6 Å². The summed E-state index contributed by atoms with van der Waals surface area (Å²) in [5.74, 6) is 0. The van der Waals surface area contributed by atoms with E-state index in [2.05, 4.69) is 10.2 Å². The summed E-state index contributed by atoms with van der Waals surface area (Å²) in [6.45, 7) is 2.42. The van der Waals surface area contributed by atoms with E-state index >= 15 is 0 Å². The van der Waals surface area contributed by atoms with Gasteiger partial charge in [-0.25, -0.2) is 0 Å². The van der Waals surface area contributed by atoms with Crippen LogP contribution >= 0.6 is 23.2 Å². The minimum absolute atomic E-state index is 0.0478. The van der Waals surface area contributed by atoms with Gasteiger partial charge in [-0.1, -0.05) is 23.2 Å². The van der Waals surface area contributed by atoms with E-state index in [0.29, 0.717) is 42.6 Å². The molecule has 1 aliphatic rings. The highest BCUT2D eigenvalue weighted by Crippen LogP contribution is 2.24. The van der Waals surface area contributed by atoms with Gasteiger partial charge in [0.15, 0.2) is 0 Å². The zero-order valence-electron chi connectivity index (χ0n) is 14.3. The van der Waals surface area contributed by atoms with Crippen LogP contribution in [0.2, 0.25) is 10.0 Å². The number of aromatic nitrogens is 4. The molecule has 0 N–H and O–H groups in total. The number of morpholine rings is 1. The average molecular weight is 406 g/mol. The van der Waals surface area contributed by atoms with Gasteiger partial charge < -0.3 is 9.64 Å². The van der Waals surface area contributed by atoms with E-state index in [9.17, 15) is 4.79 Å². The van der Waals surface area contributed by atoms with Gasteiger partial charge in [-0.15, -0.1) is 0 Å². The lowest BCUT2D eigenvalue weighted by atomic mass is 10.2. The molecule has 3 aromatic rings. The first-order valence-electron chi connectivity index (χ1n) is 8.49. The highest BCUT2D eigenvalue weighted by molar-refractivity contribution is 6.33. The molecule has 9 heteroatoms. The first kappa shape index (κ1) is 18.0. The van der Waals surface area contributed by atoms with Crippen molar-refractivity contribution in [3.8, 4) is 5.69 Å². The van der Waals surface area contributed by atoms with Crippen LogP contribution in [-0.4, -0.2) is 45.4 Å². The van der Waals surface area contributed by atoms with Crippen molar-refractivity contribution in [1.82, 2.24) is 19.6 Å². The monoisotopic (exact) mass is 405 g/mol. The van der Waals surface area contributed by atoms with Crippen LogP contribution in [0.25, 0.3) is 5.69 Å². The Morgan fingerprint density at radius 2 is 2.00 bits per heavy atom. The number of nitrogens with zero attached hydrogens (tertiary/aromatic N) is 5. The van der Waals surface area contributed by atoms with E-state index in [1.54, 1.807) is 36.7 Å². The Morgan fingerprint density at radius 1 is 1.19 bits per heavy atom. The lowest BCUT2D eigenvalue weighted by Gasteiger charge is -2.34. The molecule has 1 aliphatic heterocycles. The second-order valence-corrected chi connectivity index (χ2v) is 7.02. The summed E-state index contributed by atoms with van der Waals surface area (Å²) in [4.78, 5) is 14.7. The number of hydrogen-bond acceptors (Lipinski definition) is 5. The standard InChI is InChI=1S/C18H17Cl2N5O2/c19-13-2-4-14(5-3-13)25-18(26)17(20)16(10-22-25)23-8-9-27-15(11-23)12-24-7-1-6-21-24/h1-7,10,15H,8-9,11-12H2. The average Bonchev–Trinajstić information content (AvgIpc) is 3.18. The number of anilines is 1. The quantitative estimate of drug-likeness (QED) is 0.667. The Balaban J connectivity index is 1.57. The fourth-order valence-electron chi connectivity index (χ4n) is 3.08. The molecule has 1 saturated heterocycles. The predicted octanol–water partition coefficient (Wildman–Crippen LogP) is 2.64. The minimum Gasteiger partial charge on any atom is -0.373 e. The molecule has 7 nitrogen and oxygen atoms in total. The summed E-state index contributed by atoms with van der Waals surface area (Å²) in [5.41, 5.74) is 0.851. The molecule has 0 spiro atoms. The van der Waals surface area contributed by atoms with Crippen molar-refractivity contribution < 1.29 is 4.74 Å². The molecule has 27 heavy (non-hydrogen) atoms. The van der Waals surface area contributed by atoms with Crippen molar-refractivity contribution in [1.29, 1.82) is 0 Å². The molecule has 3 heterocycles. The van der Waals surface area contributed by atoms with Gasteiger partial charge in [-0.05, 0) is 30.3 Å². The van der Waals surface area contributed by atoms with E-state index < -0.39 is 0 Å². The van der Waals surface area contributed by atoms with Crippen LogP contribution in [0.1, 0.15) is 0 Å². The van der Waals surface area contributed by atoms with Gasteiger partial charge in [0.2, 0.25) is 0 Å². The van der Waals surface area contributed by atoms with Gasteiger partial charge in [0.05, 0.1) is 36.8 Å². The van der Waals surface area contributed by atoms with Crippen LogP contribution in [0.3, 0.4) is 0 Å². The van der Waals surface area contributed by atoms with Gasteiger partial charge in [0.1, 0.15) is 5.02 Å². The maximum Gasteiger partial charge on any atom is 0.292 e. The highest BCUT2D eigenvalue weighted by Gasteiger charge is 2.24. The van der Waals surface area contributed by atoms with E-state index in [1.807, 2.05) is 21.8 Å². The van der Waals surface area contributed by atoms with E-state index in [4.69, 9.17) is 27.9 Å². The smallest absolute Gasteiger partial charge is 0.292 e. The minimum atomic E-state index is -0.369. The van der Waals surface area contributed by atoms with Crippen molar-refractivity contribution in [3.63, 3.8) is 0 Å². The van der Waals surface area contributed by atoms with Crippen LogP contribution < -0.4 is 10.5 Å². The number of ether oxygens (including phenoxy) is 1. The molecular formula is C18H17Cl2N5O2. The molecule has 0 aliphatic carbocycles. The van der Waals surface area contributed by atoms with Crippen molar-refractivity contribution in [3.05, 3.63) is 69.3 Å². The fraction of sp³-hybridized carbons (Fsp3) is 0.278. The van der Waals surface area contributed by atoms with Crippen LogP contribution in [-0.2, 0) is 11.3 Å². The number of halogens is 2. The molecule has 0 amide bonds. The van der Waals surface area contributed by atoms with Crippen LogP contribution in [0.4, 0.5) is 5.69 Å². The van der Waals surface area contributed by atoms with Crippen molar-refractivity contribution >= 4 is 28.9 Å². The van der Waals surface area contributed by atoms with Gasteiger partial charge >= 0.3 is 0 Å². The second-order valence-electron chi connectivity index (χ2n) is 6.20. The molecule has 0 bridgehead atoms. The lowest BCUT2D eigenvalue weighted by Crippen LogP contribution is -2.45. The van der Waals surface area contributed by atoms with Gasteiger partial charge in [0, 0.05) is 30.5 Å². The molecule has 1 unspecified atom stereocenters. The molecule has 1 fully saturated rings. The summed E-state index contributed by atoms with van der Waals surface area (Å²) < 4.78 is 8.91. The SMILES string of the molecule is O=c1c(Cl)c(N2CCOC(Cn3cccn3)C2)cnn1-c1ccc(Cl)cc1. The third kappa shape index (κ3) is 3.85. The van der Waals surface area contributed by atoms with Crippen LogP contribution in [0.5, 0.6) is 0 Å². The number of benzene rings is 1. The number of hydrogen-bond donors (Lipinski definition) is 0. The Kier molecular flexibility index (Phi) is 5.15. The molecule has 0 saturated carbocycles. The number of rotatable bonds is 4. The van der Waals surface area contributed by atoms with E-state index in [1.165, 1.54) is 4.68 Å². The topological polar surface area (TPSA) is 65.2 Å². The third-order valence-electron chi connectivity index (χ3n) is 4.40. The summed E-state index contributed by atoms with van der Waals surface area (Å²) >= 11 is 12.3. The Bertz CT molecular complexity index is 972. The molecule has 1 aromatic carbocycles. The maximum atomic E-state index is 12.7. The first-order chi connectivity index (χ1) is 13.1. The van der Waals surface area contributed by atoms with Crippen molar-refractivity contribution in [2.24, 2.45) is 0 Å². The lowest BCUT2D eigenvalue weighted by molar-refractivity contribution is 0.0274. The zero-order chi connectivity index (χ0) is 18.8. The summed E-state index contributed by atoms with van der Waals surface area (Å²) in [7, 11) is 0.